The summed E-state index contributed by atoms with van der Waals surface area (Å²) in [5.41, 5.74) is 1.12. The average Bonchev–Trinajstić information content (AvgIpc) is 3.28. The minimum Gasteiger partial charge on any atom is -0.454 e. The first kappa shape index (κ1) is 14.8. The zero-order chi connectivity index (χ0) is 16.5. The van der Waals surface area contributed by atoms with Crippen LogP contribution in [0.15, 0.2) is 23.6 Å². The molecule has 0 bridgehead atoms. The van der Waals surface area contributed by atoms with Crippen LogP contribution in [0.2, 0.25) is 0 Å². The molecule has 0 radical (unpaired) electrons. The number of aromatic nitrogens is 3. The minimum atomic E-state index is -0.318. The normalized spacial score (nSPS) is 12.2. The molecule has 0 unspecified atom stereocenters. The van der Waals surface area contributed by atoms with Gasteiger partial charge in [-0.25, -0.2) is 4.98 Å². The number of anilines is 3. The molecule has 122 valence electrons. The summed E-state index contributed by atoms with van der Waals surface area (Å²) in [6.07, 6.45) is 0. The first-order chi connectivity index (χ1) is 11.7. The lowest BCUT2D eigenvalue weighted by Crippen LogP contribution is -2.12. The van der Waals surface area contributed by atoms with Gasteiger partial charge < -0.3 is 14.8 Å². The number of ether oxygens (including phenoxy) is 2. The molecule has 0 atom stereocenters. The van der Waals surface area contributed by atoms with Gasteiger partial charge in [0.05, 0.1) is 0 Å². The number of fused-ring (bicyclic) bond motifs is 1. The van der Waals surface area contributed by atoms with Crippen LogP contribution in [0.4, 0.5) is 16.0 Å². The third kappa shape index (κ3) is 3.01. The van der Waals surface area contributed by atoms with Crippen LogP contribution >= 0.6 is 22.7 Å². The van der Waals surface area contributed by atoms with E-state index >= 15 is 0 Å². The number of thiazole rings is 1. The van der Waals surface area contributed by atoms with Crippen LogP contribution < -0.4 is 20.1 Å². The van der Waals surface area contributed by atoms with Crippen molar-refractivity contribution in [3.05, 3.63) is 34.3 Å². The Morgan fingerprint density at radius 3 is 2.92 bits per heavy atom. The smallest absolute Gasteiger partial charge is 0.277 e. The summed E-state index contributed by atoms with van der Waals surface area (Å²) in [7, 11) is 0. The van der Waals surface area contributed by atoms with E-state index in [0.717, 1.165) is 10.7 Å². The molecule has 8 nitrogen and oxygen atoms in total. The van der Waals surface area contributed by atoms with Crippen LogP contribution in [0.25, 0.3) is 0 Å². The molecule has 1 aromatic carbocycles. The summed E-state index contributed by atoms with van der Waals surface area (Å²) >= 11 is 2.65. The second-order valence-electron chi connectivity index (χ2n) is 4.81. The summed E-state index contributed by atoms with van der Waals surface area (Å²) in [6, 6.07) is 5.51. The molecule has 0 saturated heterocycles. The van der Waals surface area contributed by atoms with Crippen LogP contribution in [0, 0.1) is 6.92 Å². The second kappa shape index (κ2) is 6.06. The zero-order valence-corrected chi connectivity index (χ0v) is 14.0. The first-order valence-corrected chi connectivity index (χ1v) is 8.61. The first-order valence-electron chi connectivity index (χ1n) is 6.91. The summed E-state index contributed by atoms with van der Waals surface area (Å²) in [5.74, 6) is 1.08. The van der Waals surface area contributed by atoms with E-state index in [1.54, 1.807) is 5.38 Å². The van der Waals surface area contributed by atoms with E-state index in [9.17, 15) is 4.79 Å². The number of carbonyl (C=O) groups is 1. The van der Waals surface area contributed by atoms with Gasteiger partial charge >= 0.3 is 0 Å². The molecule has 0 saturated carbocycles. The monoisotopic (exact) mass is 361 g/mol. The van der Waals surface area contributed by atoms with Gasteiger partial charge in [-0.05, 0) is 19.1 Å². The quantitative estimate of drug-likeness (QED) is 0.737. The van der Waals surface area contributed by atoms with E-state index < -0.39 is 0 Å². The highest BCUT2D eigenvalue weighted by Crippen LogP contribution is 2.35. The fraction of sp³-hybridized carbons (Fsp3) is 0.143. The molecule has 2 aromatic heterocycles. The molecule has 0 aliphatic carbocycles. The highest BCUT2D eigenvalue weighted by Gasteiger charge is 2.15. The molecule has 1 aliphatic rings. The number of nitrogens with zero attached hydrogens (tertiary/aromatic N) is 3. The minimum absolute atomic E-state index is 0.228. The largest absolute Gasteiger partial charge is 0.454 e. The van der Waals surface area contributed by atoms with Crippen molar-refractivity contribution in [2.24, 2.45) is 0 Å². The van der Waals surface area contributed by atoms with Gasteiger partial charge in [0.2, 0.25) is 11.9 Å². The second-order valence-corrected chi connectivity index (χ2v) is 6.85. The molecule has 1 amide bonds. The van der Waals surface area contributed by atoms with Crippen molar-refractivity contribution in [2.45, 2.75) is 6.92 Å². The number of nitrogens with one attached hydrogen (secondary N) is 2. The maximum Gasteiger partial charge on any atom is 0.277 e. The Bertz CT molecular complexity index is 907. The topological polar surface area (TPSA) is 98.3 Å². The summed E-state index contributed by atoms with van der Waals surface area (Å²) in [4.78, 5) is 16.4. The predicted molar refractivity (Wildman–Crippen MR) is 90.6 cm³/mol. The SMILES string of the molecule is Cc1nnc(NC(=O)c2csc(Nc3ccc4c(c3)OCO4)n2)s1. The molecular formula is C14H11N5O3S2. The number of amides is 1. The average molecular weight is 361 g/mol. The summed E-state index contributed by atoms with van der Waals surface area (Å²) in [6.45, 7) is 2.05. The van der Waals surface area contributed by atoms with Crippen LogP contribution in [-0.2, 0) is 0 Å². The van der Waals surface area contributed by atoms with Crippen molar-refractivity contribution in [2.75, 3.05) is 17.4 Å². The van der Waals surface area contributed by atoms with Crippen molar-refractivity contribution in [3.8, 4) is 11.5 Å². The van der Waals surface area contributed by atoms with Crippen LogP contribution in [0.5, 0.6) is 11.5 Å². The molecular weight excluding hydrogens is 350 g/mol. The number of benzene rings is 1. The van der Waals surface area contributed by atoms with E-state index in [4.69, 9.17) is 9.47 Å². The Labute approximate surface area is 144 Å². The number of carbonyl (C=O) groups excluding carboxylic acids is 1. The molecule has 4 rings (SSSR count). The Morgan fingerprint density at radius 1 is 1.21 bits per heavy atom. The lowest BCUT2D eigenvalue weighted by molar-refractivity contribution is 0.102. The number of aryl methyl sites for hydroxylation is 1. The molecule has 1 aliphatic heterocycles. The lowest BCUT2D eigenvalue weighted by Gasteiger charge is -2.03. The fourth-order valence-electron chi connectivity index (χ4n) is 2.04. The van der Waals surface area contributed by atoms with Crippen LogP contribution in [-0.4, -0.2) is 27.9 Å². The highest BCUT2D eigenvalue weighted by molar-refractivity contribution is 7.15. The fourth-order valence-corrected chi connectivity index (χ4v) is 3.34. The maximum absolute atomic E-state index is 12.2. The van der Waals surface area contributed by atoms with E-state index in [1.807, 2.05) is 25.1 Å². The molecule has 2 N–H and O–H groups in total. The van der Waals surface area contributed by atoms with Gasteiger partial charge in [-0.2, -0.15) is 0 Å². The van der Waals surface area contributed by atoms with Crippen molar-refractivity contribution in [1.82, 2.24) is 15.2 Å². The predicted octanol–water partition coefficient (Wildman–Crippen LogP) is 3.03. The molecule has 0 spiro atoms. The van der Waals surface area contributed by atoms with Crippen molar-refractivity contribution >= 4 is 44.5 Å². The molecule has 3 heterocycles. The van der Waals surface area contributed by atoms with Crippen LogP contribution in [0.1, 0.15) is 15.5 Å². The van der Waals surface area contributed by atoms with Crippen LogP contribution in [0.3, 0.4) is 0 Å². The Balaban J connectivity index is 1.45. The molecule has 3 aromatic rings. The van der Waals surface area contributed by atoms with Crippen molar-refractivity contribution in [1.29, 1.82) is 0 Å². The lowest BCUT2D eigenvalue weighted by atomic mass is 10.3. The third-order valence-electron chi connectivity index (χ3n) is 3.11. The number of rotatable bonds is 4. The highest BCUT2D eigenvalue weighted by atomic mass is 32.1. The van der Waals surface area contributed by atoms with Gasteiger partial charge in [0.1, 0.15) is 10.7 Å². The van der Waals surface area contributed by atoms with E-state index in [2.05, 4.69) is 25.8 Å². The van der Waals surface area contributed by atoms with Gasteiger partial charge in [-0.3, -0.25) is 10.1 Å². The van der Waals surface area contributed by atoms with Crippen molar-refractivity contribution < 1.29 is 14.3 Å². The maximum atomic E-state index is 12.2. The molecule has 0 fully saturated rings. The van der Waals surface area contributed by atoms with E-state index in [-0.39, 0.29) is 12.7 Å². The Morgan fingerprint density at radius 2 is 2.08 bits per heavy atom. The van der Waals surface area contributed by atoms with Gasteiger partial charge in [0, 0.05) is 17.1 Å². The zero-order valence-electron chi connectivity index (χ0n) is 12.4. The molecule has 24 heavy (non-hydrogen) atoms. The Hall–Kier alpha value is -2.72. The van der Waals surface area contributed by atoms with Gasteiger partial charge in [0.15, 0.2) is 16.6 Å². The number of hydrogen-bond acceptors (Lipinski definition) is 9. The number of hydrogen-bond donors (Lipinski definition) is 2. The van der Waals surface area contributed by atoms with Crippen molar-refractivity contribution in [3.63, 3.8) is 0 Å². The van der Waals surface area contributed by atoms with Gasteiger partial charge in [-0.1, -0.05) is 11.3 Å². The summed E-state index contributed by atoms with van der Waals surface area (Å²) < 4.78 is 10.6. The summed E-state index contributed by atoms with van der Waals surface area (Å²) in [5, 5.41) is 17.1. The standard InChI is InChI=1S/C14H11N5O3S2/c1-7-18-19-14(24-7)17-12(20)9-5-23-13(16-9)15-8-2-3-10-11(4-8)22-6-21-10/h2-5H,6H2,1H3,(H,15,16)(H,17,19,20). The van der Waals surface area contributed by atoms with Gasteiger partial charge in [-0.15, -0.1) is 21.5 Å². The Kier molecular flexibility index (Phi) is 3.75. The van der Waals surface area contributed by atoms with E-state index in [0.29, 0.717) is 27.5 Å². The van der Waals surface area contributed by atoms with E-state index in [1.165, 1.54) is 22.7 Å². The van der Waals surface area contributed by atoms with Gasteiger partial charge in [0.25, 0.3) is 5.91 Å². The third-order valence-corrected chi connectivity index (χ3v) is 4.62. The molecule has 10 heteroatoms.